The van der Waals surface area contributed by atoms with E-state index in [0.29, 0.717) is 6.61 Å². The normalized spacial score (nSPS) is 16.7. The average Bonchev–Trinajstić information content (AvgIpc) is 3.14. The monoisotopic (exact) mass is 368 g/mol. The second-order valence-electron chi connectivity index (χ2n) is 7.67. The van der Waals surface area contributed by atoms with Crippen LogP contribution in [0.2, 0.25) is 0 Å². The third-order valence-corrected chi connectivity index (χ3v) is 5.14. The van der Waals surface area contributed by atoms with Crippen molar-refractivity contribution in [1.82, 2.24) is 5.32 Å². The van der Waals surface area contributed by atoms with Crippen molar-refractivity contribution < 1.29 is 14.3 Å². The molecule has 1 radical (unpaired) electrons. The number of hydrogen-bond donors (Lipinski definition) is 0. The molecule has 4 nitrogen and oxygen atoms in total. The van der Waals surface area contributed by atoms with Crippen molar-refractivity contribution in [3.05, 3.63) is 0 Å². The lowest BCUT2D eigenvalue weighted by molar-refractivity contribution is 0.0168. The Morgan fingerprint density at radius 2 is 1.31 bits per heavy atom. The first-order chi connectivity index (χ1) is 12.8. The molecule has 1 heterocycles. The van der Waals surface area contributed by atoms with Crippen LogP contribution in [0, 0.1) is 0 Å². The van der Waals surface area contributed by atoms with Crippen LogP contribution in [0.25, 0.3) is 0 Å². The molecule has 1 unspecified atom stereocenters. The van der Waals surface area contributed by atoms with Crippen LogP contribution in [0.1, 0.15) is 116 Å². The first-order valence-corrected chi connectivity index (χ1v) is 11.3. The highest BCUT2D eigenvalue weighted by Gasteiger charge is 2.20. The summed E-state index contributed by atoms with van der Waals surface area (Å²) < 4.78 is 10.2. The van der Waals surface area contributed by atoms with Gasteiger partial charge in [0.1, 0.15) is 0 Å². The lowest BCUT2D eigenvalue weighted by Crippen LogP contribution is -2.23. The van der Waals surface area contributed by atoms with Crippen molar-refractivity contribution in [2.24, 2.45) is 0 Å². The summed E-state index contributed by atoms with van der Waals surface area (Å²) in [5.74, 6) is 0. The average molecular weight is 369 g/mol. The molecule has 1 rings (SSSR count). The van der Waals surface area contributed by atoms with Gasteiger partial charge in [0.15, 0.2) is 6.23 Å². The molecule has 1 atom stereocenters. The Morgan fingerprint density at radius 1 is 0.808 bits per heavy atom. The first kappa shape index (κ1) is 23.3. The number of unbranched alkanes of at least 4 members (excludes halogenated alkanes) is 14. The number of carbonyl (C=O) groups is 1. The van der Waals surface area contributed by atoms with Crippen LogP contribution < -0.4 is 5.32 Å². The van der Waals surface area contributed by atoms with Crippen molar-refractivity contribution in [3.63, 3.8) is 0 Å². The van der Waals surface area contributed by atoms with Gasteiger partial charge in [0.25, 0.3) is 0 Å². The zero-order valence-corrected chi connectivity index (χ0v) is 17.2. The Morgan fingerprint density at radius 3 is 1.77 bits per heavy atom. The molecule has 1 saturated heterocycles. The third kappa shape index (κ3) is 14.4. The highest BCUT2D eigenvalue weighted by atomic mass is 16.7. The standard InChI is InChI=1S/C22H42NO3/c1-2-3-4-5-6-7-8-9-10-11-12-13-14-15-16-20-25-22(24)26-21-18-17-19-23-21/h21H,2-20H2,1H3. The molecule has 0 aromatic rings. The molecule has 0 amide bonds. The number of hydrogen-bond acceptors (Lipinski definition) is 3. The summed E-state index contributed by atoms with van der Waals surface area (Å²) in [6.45, 7) is 3.55. The Balaban J connectivity index is 1.70. The van der Waals surface area contributed by atoms with Crippen LogP contribution in [-0.2, 0) is 9.47 Å². The van der Waals surface area contributed by atoms with Crippen LogP contribution in [-0.4, -0.2) is 25.5 Å². The van der Waals surface area contributed by atoms with Crippen LogP contribution in [0.3, 0.4) is 0 Å². The van der Waals surface area contributed by atoms with Gasteiger partial charge < -0.3 is 9.47 Å². The maximum Gasteiger partial charge on any atom is 0.509 e. The molecule has 0 aromatic carbocycles. The predicted molar refractivity (Wildman–Crippen MR) is 107 cm³/mol. The second kappa shape index (κ2) is 17.6. The second-order valence-corrected chi connectivity index (χ2v) is 7.67. The van der Waals surface area contributed by atoms with E-state index >= 15 is 0 Å². The van der Waals surface area contributed by atoms with Gasteiger partial charge in [-0.1, -0.05) is 96.8 Å². The number of ether oxygens (including phenoxy) is 2. The first-order valence-electron chi connectivity index (χ1n) is 11.3. The Labute approximate surface area is 161 Å². The summed E-state index contributed by atoms with van der Waals surface area (Å²) in [6, 6.07) is 0. The highest BCUT2D eigenvalue weighted by Crippen LogP contribution is 2.13. The van der Waals surface area contributed by atoms with Gasteiger partial charge in [-0.25, -0.2) is 10.1 Å². The van der Waals surface area contributed by atoms with E-state index in [4.69, 9.17) is 9.47 Å². The molecule has 153 valence electrons. The van der Waals surface area contributed by atoms with E-state index in [1.807, 2.05) is 0 Å². The topological polar surface area (TPSA) is 49.6 Å². The zero-order valence-electron chi connectivity index (χ0n) is 17.2. The minimum absolute atomic E-state index is 0.261. The maximum atomic E-state index is 11.4. The maximum absolute atomic E-state index is 11.4. The van der Waals surface area contributed by atoms with E-state index in [2.05, 4.69) is 12.2 Å². The fraction of sp³-hybridized carbons (Fsp3) is 0.955. The molecule has 0 aromatic heterocycles. The van der Waals surface area contributed by atoms with Gasteiger partial charge in [-0.3, -0.25) is 0 Å². The van der Waals surface area contributed by atoms with Crippen molar-refractivity contribution in [1.29, 1.82) is 0 Å². The molecule has 26 heavy (non-hydrogen) atoms. The van der Waals surface area contributed by atoms with E-state index in [1.54, 1.807) is 0 Å². The lowest BCUT2D eigenvalue weighted by Gasteiger charge is -2.10. The number of nitrogens with zero attached hydrogens (tertiary/aromatic N) is 1. The van der Waals surface area contributed by atoms with Crippen molar-refractivity contribution in [3.8, 4) is 0 Å². The molecule has 0 saturated carbocycles. The summed E-state index contributed by atoms with van der Waals surface area (Å²) >= 11 is 0. The highest BCUT2D eigenvalue weighted by molar-refractivity contribution is 5.60. The molecule has 0 bridgehead atoms. The summed E-state index contributed by atoms with van der Waals surface area (Å²) in [5.41, 5.74) is 0. The van der Waals surface area contributed by atoms with Gasteiger partial charge in [0.05, 0.1) is 6.61 Å². The summed E-state index contributed by atoms with van der Waals surface area (Å²) in [5, 5.41) is 4.18. The third-order valence-electron chi connectivity index (χ3n) is 5.14. The zero-order chi connectivity index (χ0) is 18.7. The van der Waals surface area contributed by atoms with E-state index in [-0.39, 0.29) is 6.23 Å². The molecule has 0 spiro atoms. The van der Waals surface area contributed by atoms with Crippen LogP contribution in [0.5, 0.6) is 0 Å². The Hall–Kier alpha value is -0.770. The molecule has 1 aliphatic rings. The van der Waals surface area contributed by atoms with Gasteiger partial charge in [-0.15, -0.1) is 0 Å². The van der Waals surface area contributed by atoms with Gasteiger partial charge in [0, 0.05) is 13.0 Å². The van der Waals surface area contributed by atoms with E-state index < -0.39 is 6.16 Å². The SMILES string of the molecule is CCCCCCCCCCCCCCCCCOC(=O)OC1CCC[N]1. The summed E-state index contributed by atoms with van der Waals surface area (Å²) in [4.78, 5) is 11.4. The molecule has 4 heteroatoms. The van der Waals surface area contributed by atoms with Gasteiger partial charge in [-0.05, 0) is 12.8 Å². The summed E-state index contributed by atoms with van der Waals surface area (Å²) in [7, 11) is 0. The predicted octanol–water partition coefficient (Wildman–Crippen LogP) is 6.74. The van der Waals surface area contributed by atoms with Crippen molar-refractivity contribution >= 4 is 6.16 Å². The van der Waals surface area contributed by atoms with Crippen LogP contribution in [0.4, 0.5) is 4.79 Å². The molecule has 0 aliphatic carbocycles. The Bertz CT molecular complexity index is 317. The van der Waals surface area contributed by atoms with Gasteiger partial charge in [0.2, 0.25) is 0 Å². The van der Waals surface area contributed by atoms with E-state index in [0.717, 1.165) is 32.2 Å². The van der Waals surface area contributed by atoms with Crippen LogP contribution >= 0.6 is 0 Å². The van der Waals surface area contributed by atoms with Gasteiger partial charge >= 0.3 is 6.16 Å². The van der Waals surface area contributed by atoms with Crippen LogP contribution in [0.15, 0.2) is 0 Å². The molecular weight excluding hydrogens is 326 g/mol. The Kier molecular flexibility index (Phi) is 15.8. The quantitative estimate of drug-likeness (QED) is 0.211. The minimum Gasteiger partial charge on any atom is -0.434 e. The van der Waals surface area contributed by atoms with Crippen molar-refractivity contribution in [2.45, 2.75) is 122 Å². The van der Waals surface area contributed by atoms with Gasteiger partial charge in [-0.2, -0.15) is 0 Å². The minimum atomic E-state index is -0.550. The fourth-order valence-corrected chi connectivity index (χ4v) is 3.46. The lowest BCUT2D eigenvalue weighted by atomic mass is 10.0. The number of carbonyl (C=O) groups excluding carboxylic acids is 1. The summed E-state index contributed by atoms with van der Waals surface area (Å²) in [6.07, 6.45) is 21.1. The van der Waals surface area contributed by atoms with Crippen molar-refractivity contribution in [2.75, 3.05) is 13.2 Å². The molecule has 1 aliphatic heterocycles. The molecular formula is C22H42NO3. The van der Waals surface area contributed by atoms with E-state index in [9.17, 15) is 4.79 Å². The van der Waals surface area contributed by atoms with E-state index in [1.165, 1.54) is 83.5 Å². The smallest absolute Gasteiger partial charge is 0.434 e. The molecule has 1 fully saturated rings. The number of rotatable bonds is 17. The fourth-order valence-electron chi connectivity index (χ4n) is 3.46. The molecule has 0 N–H and O–H groups in total. The largest absolute Gasteiger partial charge is 0.509 e.